The van der Waals surface area contributed by atoms with Gasteiger partial charge in [0.05, 0.1) is 21.2 Å². The standard InChI is InChI=1S/C14H9ClN2O5/c15-12-3-1-9(6-11(12)14(19)20)16-7-8-5-10(17(21)22)2-4-13(8)18/h1-7,18H,(H,19,20). The molecule has 2 aromatic rings. The number of nitrogens with zero attached hydrogens (tertiary/aromatic N) is 2. The molecule has 0 spiro atoms. The first kappa shape index (κ1) is 15.5. The molecule has 0 fully saturated rings. The van der Waals surface area contributed by atoms with Gasteiger partial charge in [-0.05, 0) is 24.3 Å². The summed E-state index contributed by atoms with van der Waals surface area (Å²) in [5.41, 5.74) is 0.120. The molecule has 8 heteroatoms. The molecule has 0 aliphatic carbocycles. The van der Waals surface area contributed by atoms with E-state index in [-0.39, 0.29) is 33.3 Å². The van der Waals surface area contributed by atoms with Crippen LogP contribution in [0.3, 0.4) is 0 Å². The van der Waals surface area contributed by atoms with Gasteiger partial charge >= 0.3 is 5.97 Å². The Hall–Kier alpha value is -2.93. The largest absolute Gasteiger partial charge is 0.507 e. The first-order valence-electron chi connectivity index (χ1n) is 5.93. The van der Waals surface area contributed by atoms with Crippen LogP contribution < -0.4 is 0 Å². The fourth-order valence-electron chi connectivity index (χ4n) is 1.66. The van der Waals surface area contributed by atoms with E-state index < -0.39 is 10.9 Å². The number of hydrogen-bond acceptors (Lipinski definition) is 5. The van der Waals surface area contributed by atoms with Gasteiger partial charge in [-0.3, -0.25) is 15.1 Å². The van der Waals surface area contributed by atoms with Crippen LogP contribution in [0.1, 0.15) is 15.9 Å². The summed E-state index contributed by atoms with van der Waals surface area (Å²) in [6, 6.07) is 7.63. The van der Waals surface area contributed by atoms with Gasteiger partial charge in [0.2, 0.25) is 0 Å². The van der Waals surface area contributed by atoms with Crippen LogP contribution in [0.4, 0.5) is 11.4 Å². The molecule has 0 saturated carbocycles. The summed E-state index contributed by atoms with van der Waals surface area (Å²) in [6.45, 7) is 0. The van der Waals surface area contributed by atoms with Crippen LogP contribution >= 0.6 is 11.6 Å². The highest BCUT2D eigenvalue weighted by Gasteiger charge is 2.10. The van der Waals surface area contributed by atoms with Crippen LogP contribution in [0.5, 0.6) is 5.75 Å². The monoisotopic (exact) mass is 320 g/mol. The molecular formula is C14H9ClN2O5. The van der Waals surface area contributed by atoms with Crippen molar-refractivity contribution in [2.24, 2.45) is 4.99 Å². The number of aromatic carboxylic acids is 1. The lowest BCUT2D eigenvalue weighted by Gasteiger charge is -2.01. The number of nitro groups is 1. The third-order valence-electron chi connectivity index (χ3n) is 2.75. The summed E-state index contributed by atoms with van der Waals surface area (Å²) in [5.74, 6) is -1.37. The lowest BCUT2D eigenvalue weighted by molar-refractivity contribution is -0.384. The third kappa shape index (κ3) is 3.39. The molecule has 0 amide bonds. The smallest absolute Gasteiger partial charge is 0.337 e. The zero-order valence-electron chi connectivity index (χ0n) is 10.9. The first-order chi connectivity index (χ1) is 10.4. The van der Waals surface area contributed by atoms with E-state index in [9.17, 15) is 20.0 Å². The summed E-state index contributed by atoms with van der Waals surface area (Å²) in [4.78, 5) is 25.1. The number of nitro benzene ring substituents is 1. The van der Waals surface area contributed by atoms with Crippen LogP contribution in [0.15, 0.2) is 41.4 Å². The number of rotatable bonds is 4. The predicted octanol–water partition coefficient (Wildman–Crippen LogP) is 3.40. The molecule has 22 heavy (non-hydrogen) atoms. The second-order valence-corrected chi connectivity index (χ2v) is 4.63. The Balaban J connectivity index is 2.36. The fraction of sp³-hybridized carbons (Fsp3) is 0. The molecule has 0 aromatic heterocycles. The molecule has 0 radical (unpaired) electrons. The maximum atomic E-state index is 11.0. The van der Waals surface area contributed by atoms with Crippen molar-refractivity contribution < 1.29 is 19.9 Å². The average Bonchev–Trinajstić information content (AvgIpc) is 2.47. The number of benzene rings is 2. The van der Waals surface area contributed by atoms with Crippen molar-refractivity contribution in [1.29, 1.82) is 0 Å². The first-order valence-corrected chi connectivity index (χ1v) is 6.30. The molecule has 2 aromatic carbocycles. The van der Waals surface area contributed by atoms with Gasteiger partial charge in [0, 0.05) is 23.9 Å². The van der Waals surface area contributed by atoms with Crippen LogP contribution in [0.25, 0.3) is 0 Å². The number of hydrogen-bond donors (Lipinski definition) is 2. The fourth-order valence-corrected chi connectivity index (χ4v) is 1.86. The summed E-state index contributed by atoms with van der Waals surface area (Å²) >= 11 is 5.74. The SMILES string of the molecule is O=C(O)c1cc(N=Cc2cc([N+](=O)[O-])ccc2O)ccc1Cl. The third-order valence-corrected chi connectivity index (χ3v) is 3.08. The number of carbonyl (C=O) groups is 1. The van der Waals surface area contributed by atoms with Crippen LogP contribution in [-0.4, -0.2) is 27.3 Å². The van der Waals surface area contributed by atoms with Crippen molar-refractivity contribution in [1.82, 2.24) is 0 Å². The van der Waals surface area contributed by atoms with Gasteiger partial charge in [-0.15, -0.1) is 0 Å². The Morgan fingerprint density at radius 3 is 2.64 bits per heavy atom. The Bertz CT molecular complexity index is 789. The topological polar surface area (TPSA) is 113 Å². The average molecular weight is 321 g/mol. The molecule has 0 saturated heterocycles. The van der Waals surface area contributed by atoms with E-state index in [1.165, 1.54) is 30.5 Å². The van der Waals surface area contributed by atoms with E-state index in [1.807, 2.05) is 0 Å². The molecule has 0 aliphatic heterocycles. The lowest BCUT2D eigenvalue weighted by atomic mass is 10.2. The van der Waals surface area contributed by atoms with Gasteiger partial charge in [-0.25, -0.2) is 4.79 Å². The molecule has 112 valence electrons. The Labute approximate surface area is 129 Å². The van der Waals surface area contributed by atoms with Gasteiger partial charge in [0.1, 0.15) is 5.75 Å². The van der Waals surface area contributed by atoms with Crippen molar-refractivity contribution in [2.45, 2.75) is 0 Å². The maximum Gasteiger partial charge on any atom is 0.337 e. The number of halogens is 1. The highest BCUT2D eigenvalue weighted by atomic mass is 35.5. The molecule has 2 N–H and O–H groups in total. The minimum Gasteiger partial charge on any atom is -0.507 e. The minimum atomic E-state index is -1.19. The number of phenols is 1. The van der Waals surface area contributed by atoms with E-state index >= 15 is 0 Å². The second kappa shape index (κ2) is 6.23. The van der Waals surface area contributed by atoms with E-state index in [2.05, 4.69) is 4.99 Å². The molecule has 2 rings (SSSR count). The quantitative estimate of drug-likeness (QED) is 0.509. The number of carboxylic acids is 1. The van der Waals surface area contributed by atoms with Gasteiger partial charge in [0.25, 0.3) is 5.69 Å². The van der Waals surface area contributed by atoms with Gasteiger partial charge < -0.3 is 10.2 Å². The highest BCUT2D eigenvalue weighted by molar-refractivity contribution is 6.33. The molecule has 0 heterocycles. The number of aromatic hydroxyl groups is 1. The summed E-state index contributed by atoms with van der Waals surface area (Å²) in [5, 5.41) is 29.4. The van der Waals surface area contributed by atoms with Crippen LogP contribution in [0, 0.1) is 10.1 Å². The Kier molecular flexibility index (Phi) is 4.38. The molecule has 0 bridgehead atoms. The maximum absolute atomic E-state index is 11.0. The molecule has 7 nitrogen and oxygen atoms in total. The predicted molar refractivity (Wildman–Crippen MR) is 80.4 cm³/mol. The molecule has 0 aliphatic rings. The molecule has 0 atom stereocenters. The zero-order valence-corrected chi connectivity index (χ0v) is 11.7. The van der Waals surface area contributed by atoms with Crippen molar-refractivity contribution in [2.75, 3.05) is 0 Å². The number of aliphatic imine (C=N–C) groups is 1. The molecule has 0 unspecified atom stereocenters. The second-order valence-electron chi connectivity index (χ2n) is 4.23. The summed E-state index contributed by atoms with van der Waals surface area (Å²) in [6.07, 6.45) is 1.21. The van der Waals surface area contributed by atoms with Gasteiger partial charge in [0.15, 0.2) is 0 Å². The number of carboxylic acid groups (broad SMARTS) is 1. The van der Waals surface area contributed by atoms with Crippen molar-refractivity contribution >= 4 is 35.2 Å². The van der Waals surface area contributed by atoms with E-state index in [0.29, 0.717) is 0 Å². The Morgan fingerprint density at radius 1 is 1.27 bits per heavy atom. The van der Waals surface area contributed by atoms with E-state index in [0.717, 1.165) is 12.1 Å². The van der Waals surface area contributed by atoms with Crippen LogP contribution in [-0.2, 0) is 0 Å². The van der Waals surface area contributed by atoms with E-state index in [1.54, 1.807) is 0 Å². The Morgan fingerprint density at radius 2 is 2.00 bits per heavy atom. The van der Waals surface area contributed by atoms with Crippen molar-refractivity contribution in [3.63, 3.8) is 0 Å². The van der Waals surface area contributed by atoms with E-state index in [4.69, 9.17) is 16.7 Å². The van der Waals surface area contributed by atoms with Gasteiger partial charge in [-0.1, -0.05) is 11.6 Å². The lowest BCUT2D eigenvalue weighted by Crippen LogP contribution is -1.96. The van der Waals surface area contributed by atoms with Gasteiger partial charge in [-0.2, -0.15) is 0 Å². The zero-order chi connectivity index (χ0) is 16.3. The van der Waals surface area contributed by atoms with Crippen molar-refractivity contribution in [3.8, 4) is 5.75 Å². The normalized spacial score (nSPS) is 10.8. The molecular weight excluding hydrogens is 312 g/mol. The number of phenolic OH excluding ortho intramolecular Hbond substituents is 1. The van der Waals surface area contributed by atoms with Crippen LogP contribution in [0.2, 0.25) is 5.02 Å². The highest BCUT2D eigenvalue weighted by Crippen LogP contribution is 2.24. The van der Waals surface area contributed by atoms with Crippen molar-refractivity contribution in [3.05, 3.63) is 62.7 Å². The summed E-state index contributed by atoms with van der Waals surface area (Å²) < 4.78 is 0. The minimum absolute atomic E-state index is 0.0737. The number of non-ortho nitro benzene ring substituents is 1. The summed E-state index contributed by atoms with van der Waals surface area (Å²) in [7, 11) is 0.